The third kappa shape index (κ3) is 2.78. The van der Waals surface area contributed by atoms with E-state index in [0.717, 1.165) is 6.42 Å². The largest absolute Gasteiger partial charge is 0.355 e. The van der Waals surface area contributed by atoms with Gasteiger partial charge in [-0.3, -0.25) is 4.79 Å². The molecule has 0 atom stereocenters. The predicted octanol–water partition coefficient (Wildman–Crippen LogP) is 3.44. The lowest BCUT2D eigenvalue weighted by Crippen LogP contribution is -2.36. The minimum Gasteiger partial charge on any atom is -0.355 e. The van der Waals surface area contributed by atoms with Crippen LogP contribution in [0.4, 0.5) is 0 Å². The zero-order valence-corrected chi connectivity index (χ0v) is 12.7. The first-order chi connectivity index (χ1) is 7.56. The molecule has 1 aliphatic carbocycles. The molecule has 0 heterocycles. The zero-order chi connectivity index (χ0) is 13.5. The molecule has 0 spiro atoms. The molecule has 1 amide bonds. The number of alkyl halides is 1. The van der Waals surface area contributed by atoms with Gasteiger partial charge in [-0.15, -0.1) is 11.6 Å². The van der Waals surface area contributed by atoms with Gasteiger partial charge in [-0.2, -0.15) is 0 Å². The topological polar surface area (TPSA) is 29.1 Å². The quantitative estimate of drug-likeness (QED) is 0.753. The number of amides is 1. The minimum absolute atomic E-state index is 0.0839. The van der Waals surface area contributed by atoms with E-state index in [2.05, 4.69) is 46.9 Å². The van der Waals surface area contributed by atoms with Crippen LogP contribution in [0.15, 0.2) is 0 Å². The maximum Gasteiger partial charge on any atom is 0.224 e. The van der Waals surface area contributed by atoms with Crippen LogP contribution >= 0.6 is 11.6 Å². The molecule has 0 unspecified atom stereocenters. The molecular formula is C14H26ClNO. The van der Waals surface area contributed by atoms with Crippen LogP contribution in [0.25, 0.3) is 0 Å². The molecule has 0 aromatic carbocycles. The lowest BCUT2D eigenvalue weighted by Gasteiger charge is -2.24. The first-order valence-electron chi connectivity index (χ1n) is 6.40. The number of carbonyl (C=O) groups excluding carboxylic acids is 1. The summed E-state index contributed by atoms with van der Waals surface area (Å²) in [4.78, 5) is 12.1. The summed E-state index contributed by atoms with van der Waals surface area (Å²) in [6, 6.07) is 0. The Hall–Kier alpha value is -0.240. The fourth-order valence-electron chi connectivity index (χ4n) is 2.62. The van der Waals surface area contributed by atoms with Gasteiger partial charge >= 0.3 is 0 Å². The molecule has 0 aromatic heterocycles. The van der Waals surface area contributed by atoms with Crippen molar-refractivity contribution in [3.8, 4) is 0 Å². The van der Waals surface area contributed by atoms with E-state index in [1.165, 1.54) is 0 Å². The van der Waals surface area contributed by atoms with Crippen molar-refractivity contribution in [2.24, 2.45) is 22.2 Å². The van der Waals surface area contributed by atoms with E-state index in [0.29, 0.717) is 12.4 Å². The molecule has 1 saturated carbocycles. The molecule has 17 heavy (non-hydrogen) atoms. The zero-order valence-electron chi connectivity index (χ0n) is 12.0. The second-order valence-corrected chi connectivity index (χ2v) is 7.58. The Bertz CT molecular complexity index is 293. The molecule has 100 valence electrons. The van der Waals surface area contributed by atoms with Gasteiger partial charge in [0.05, 0.1) is 0 Å². The molecule has 1 aliphatic rings. The molecule has 0 saturated heterocycles. The van der Waals surface area contributed by atoms with Gasteiger partial charge in [0.25, 0.3) is 0 Å². The molecular weight excluding hydrogens is 234 g/mol. The second-order valence-electron chi connectivity index (χ2n) is 7.20. The summed E-state index contributed by atoms with van der Waals surface area (Å²) in [5.41, 5.74) is 0.321. The average molecular weight is 260 g/mol. The summed E-state index contributed by atoms with van der Waals surface area (Å²) in [5.74, 6) is 0.980. The van der Waals surface area contributed by atoms with E-state index in [-0.39, 0.29) is 28.1 Å². The summed E-state index contributed by atoms with van der Waals surface area (Å²) in [5, 5.41) is 3.08. The summed E-state index contributed by atoms with van der Waals surface area (Å²) in [6.07, 6.45) is 0.923. The van der Waals surface area contributed by atoms with Crippen molar-refractivity contribution in [1.29, 1.82) is 0 Å². The van der Waals surface area contributed by atoms with Crippen molar-refractivity contribution < 1.29 is 4.79 Å². The van der Waals surface area contributed by atoms with Crippen LogP contribution in [0.1, 0.15) is 48.0 Å². The molecule has 0 radical (unpaired) electrons. The Morgan fingerprint density at radius 2 is 1.71 bits per heavy atom. The van der Waals surface area contributed by atoms with Crippen molar-refractivity contribution in [2.75, 3.05) is 12.4 Å². The van der Waals surface area contributed by atoms with E-state index < -0.39 is 0 Å². The van der Waals surface area contributed by atoms with Crippen molar-refractivity contribution >= 4 is 17.5 Å². The standard InChI is InChI=1S/C14H26ClNO/c1-12(2,7-8-15)9-16-11(17)10-13(3,4)14(10,5)6/h10H,7-9H2,1-6H3,(H,16,17). The van der Waals surface area contributed by atoms with E-state index in [1.807, 2.05) is 0 Å². The predicted molar refractivity (Wildman–Crippen MR) is 73.2 cm³/mol. The maximum absolute atomic E-state index is 12.1. The summed E-state index contributed by atoms with van der Waals surface area (Å²) < 4.78 is 0. The maximum atomic E-state index is 12.1. The van der Waals surface area contributed by atoms with Crippen molar-refractivity contribution in [3.05, 3.63) is 0 Å². The van der Waals surface area contributed by atoms with Gasteiger partial charge in [-0.25, -0.2) is 0 Å². The molecule has 1 rings (SSSR count). The summed E-state index contributed by atoms with van der Waals surface area (Å²) in [7, 11) is 0. The van der Waals surface area contributed by atoms with Crippen molar-refractivity contribution in [3.63, 3.8) is 0 Å². The number of hydrogen-bond donors (Lipinski definition) is 1. The fraction of sp³-hybridized carbons (Fsp3) is 0.929. The highest BCUT2D eigenvalue weighted by atomic mass is 35.5. The lowest BCUT2D eigenvalue weighted by molar-refractivity contribution is -0.123. The van der Waals surface area contributed by atoms with Crippen molar-refractivity contribution in [2.45, 2.75) is 48.0 Å². The van der Waals surface area contributed by atoms with E-state index in [4.69, 9.17) is 11.6 Å². The Kier molecular flexibility index (Phi) is 3.88. The number of carbonyl (C=O) groups is 1. The fourth-order valence-corrected chi connectivity index (χ4v) is 3.14. The highest BCUT2D eigenvalue weighted by Gasteiger charge is 2.68. The molecule has 0 bridgehead atoms. The van der Waals surface area contributed by atoms with Crippen LogP contribution in [0.3, 0.4) is 0 Å². The van der Waals surface area contributed by atoms with E-state index >= 15 is 0 Å². The summed E-state index contributed by atoms with van der Waals surface area (Å²) >= 11 is 5.75. The Morgan fingerprint density at radius 3 is 2.06 bits per heavy atom. The smallest absolute Gasteiger partial charge is 0.224 e. The molecule has 2 nitrogen and oxygen atoms in total. The third-order valence-electron chi connectivity index (χ3n) is 4.80. The number of halogens is 1. The number of nitrogens with one attached hydrogen (secondary N) is 1. The van der Waals surface area contributed by atoms with Gasteiger partial charge in [-0.1, -0.05) is 41.5 Å². The molecule has 1 N–H and O–H groups in total. The minimum atomic E-state index is 0.0839. The lowest BCUT2D eigenvalue weighted by atomic mass is 9.90. The molecule has 3 heteroatoms. The van der Waals surface area contributed by atoms with Gasteiger partial charge in [0.1, 0.15) is 0 Å². The highest BCUT2D eigenvalue weighted by Crippen LogP contribution is 2.68. The Balaban J connectivity index is 2.48. The van der Waals surface area contributed by atoms with Crippen LogP contribution in [-0.4, -0.2) is 18.3 Å². The monoisotopic (exact) mass is 259 g/mol. The molecule has 1 fully saturated rings. The highest BCUT2D eigenvalue weighted by molar-refractivity contribution is 6.17. The van der Waals surface area contributed by atoms with Crippen LogP contribution in [0, 0.1) is 22.2 Å². The van der Waals surface area contributed by atoms with Crippen LogP contribution < -0.4 is 5.32 Å². The number of rotatable bonds is 5. The van der Waals surface area contributed by atoms with Crippen LogP contribution in [0.2, 0.25) is 0 Å². The van der Waals surface area contributed by atoms with Gasteiger partial charge < -0.3 is 5.32 Å². The van der Waals surface area contributed by atoms with E-state index in [1.54, 1.807) is 0 Å². The third-order valence-corrected chi connectivity index (χ3v) is 4.98. The van der Waals surface area contributed by atoms with Gasteiger partial charge in [0.15, 0.2) is 0 Å². The SMILES string of the molecule is CC(C)(CCCl)CNC(=O)C1C(C)(C)C1(C)C. The normalized spacial score (nSPS) is 22.3. The van der Waals surface area contributed by atoms with Gasteiger partial charge in [0.2, 0.25) is 5.91 Å². The van der Waals surface area contributed by atoms with Crippen LogP contribution in [0.5, 0.6) is 0 Å². The van der Waals surface area contributed by atoms with E-state index in [9.17, 15) is 4.79 Å². The first kappa shape index (κ1) is 14.8. The molecule has 0 aliphatic heterocycles. The van der Waals surface area contributed by atoms with Crippen LogP contribution in [-0.2, 0) is 4.79 Å². The van der Waals surface area contributed by atoms with Gasteiger partial charge in [-0.05, 0) is 22.7 Å². The average Bonchev–Trinajstić information content (AvgIpc) is 2.54. The first-order valence-corrected chi connectivity index (χ1v) is 6.93. The summed E-state index contributed by atoms with van der Waals surface area (Å²) in [6.45, 7) is 13.7. The molecule has 0 aromatic rings. The Morgan fingerprint density at radius 1 is 1.24 bits per heavy atom. The second kappa shape index (κ2) is 4.46. The Labute approximate surface area is 110 Å². The van der Waals surface area contributed by atoms with Gasteiger partial charge in [0, 0.05) is 18.3 Å². The van der Waals surface area contributed by atoms with Crippen molar-refractivity contribution in [1.82, 2.24) is 5.32 Å². The number of hydrogen-bond acceptors (Lipinski definition) is 1.